The largest absolute Gasteiger partial charge is 0.493 e. The highest BCUT2D eigenvalue weighted by Gasteiger charge is 2.29. The van der Waals surface area contributed by atoms with E-state index in [4.69, 9.17) is 10.00 Å². The Balaban J connectivity index is 1.49. The summed E-state index contributed by atoms with van der Waals surface area (Å²) in [6.07, 6.45) is 3.72. The van der Waals surface area contributed by atoms with Crippen LogP contribution in [-0.2, 0) is 16.1 Å². The molecule has 1 saturated heterocycles. The zero-order chi connectivity index (χ0) is 20.9. The van der Waals surface area contributed by atoms with Gasteiger partial charge in [0.2, 0.25) is 0 Å². The van der Waals surface area contributed by atoms with Crippen molar-refractivity contribution in [2.75, 3.05) is 33.0 Å². The quantitative estimate of drug-likeness (QED) is 0.691. The Labute approximate surface area is 174 Å². The normalized spacial score (nSPS) is 21.3. The fraction of sp³-hybridized carbons (Fsp3) is 0.435. The zero-order valence-corrected chi connectivity index (χ0v) is 18.2. The first-order valence-corrected chi connectivity index (χ1v) is 11.9. The minimum atomic E-state index is -2.30. The second-order valence-corrected chi connectivity index (χ2v) is 10.2. The molecule has 1 aliphatic rings. The molecule has 6 heteroatoms. The zero-order valence-electron chi connectivity index (χ0n) is 17.4. The van der Waals surface area contributed by atoms with Gasteiger partial charge in [0.1, 0.15) is 5.75 Å². The van der Waals surface area contributed by atoms with Crippen LogP contribution in [0.25, 0.3) is 0 Å². The van der Waals surface area contributed by atoms with Crippen LogP contribution in [0.3, 0.4) is 0 Å². The summed E-state index contributed by atoms with van der Waals surface area (Å²) in [5.41, 5.74) is 1.93. The summed E-state index contributed by atoms with van der Waals surface area (Å²) in [5.74, 6) is 1.30. The summed E-state index contributed by atoms with van der Waals surface area (Å²) < 4.78 is 22.2. The third kappa shape index (κ3) is 5.59. The lowest BCUT2D eigenvalue weighted by Gasteiger charge is -2.21. The monoisotopic (exact) mass is 411 g/mol. The number of likely N-dealkylation sites (tertiary alicyclic amines) is 1. The maximum absolute atomic E-state index is 12.3. The predicted molar refractivity (Wildman–Crippen MR) is 117 cm³/mol. The molecule has 2 aromatic rings. The minimum Gasteiger partial charge on any atom is -0.493 e. The number of nitrogens with zero attached hydrogens (tertiary/aromatic N) is 3. The van der Waals surface area contributed by atoms with Gasteiger partial charge in [-0.2, -0.15) is 5.26 Å². The van der Waals surface area contributed by atoms with Gasteiger partial charge < -0.3 is 4.74 Å². The van der Waals surface area contributed by atoms with Gasteiger partial charge in [0.25, 0.3) is 0 Å². The highest BCUT2D eigenvalue weighted by Crippen LogP contribution is 2.25. The highest BCUT2D eigenvalue weighted by atomic mass is 32.2. The van der Waals surface area contributed by atoms with Crippen LogP contribution in [0.4, 0.5) is 0 Å². The van der Waals surface area contributed by atoms with Crippen LogP contribution in [0, 0.1) is 17.2 Å². The standard InChI is InChI=1S/C23H29N3O2S/c1-18-13-21(16-26(18)12-11-19-5-4-6-20(14-19)15-24)17-28-22-7-9-23(10-8-22)29(3,27)25-2/h4-10,14,18,21H,11-13,16-17H2,1-3H3/t18-,21+,29+/m1/s1. The lowest BCUT2D eigenvalue weighted by Crippen LogP contribution is -2.29. The maximum Gasteiger partial charge on any atom is 0.119 e. The van der Waals surface area contributed by atoms with Crippen LogP contribution in [0.5, 0.6) is 5.75 Å². The van der Waals surface area contributed by atoms with E-state index in [0.29, 0.717) is 18.6 Å². The molecule has 1 heterocycles. The van der Waals surface area contributed by atoms with Gasteiger partial charge >= 0.3 is 0 Å². The summed E-state index contributed by atoms with van der Waals surface area (Å²) in [4.78, 5) is 3.24. The van der Waals surface area contributed by atoms with E-state index in [1.165, 1.54) is 5.56 Å². The average molecular weight is 412 g/mol. The van der Waals surface area contributed by atoms with Crippen molar-refractivity contribution in [3.63, 3.8) is 0 Å². The molecule has 0 N–H and O–H groups in total. The molecule has 0 radical (unpaired) electrons. The van der Waals surface area contributed by atoms with E-state index in [1.54, 1.807) is 13.3 Å². The fourth-order valence-electron chi connectivity index (χ4n) is 3.83. The van der Waals surface area contributed by atoms with Gasteiger partial charge in [0, 0.05) is 43.2 Å². The number of nitriles is 1. The van der Waals surface area contributed by atoms with Crippen molar-refractivity contribution < 1.29 is 8.95 Å². The second-order valence-electron chi connectivity index (χ2n) is 7.78. The molecule has 0 amide bonds. The van der Waals surface area contributed by atoms with Gasteiger partial charge in [-0.25, -0.2) is 8.57 Å². The molecule has 0 saturated carbocycles. The highest BCUT2D eigenvalue weighted by molar-refractivity contribution is 7.93. The van der Waals surface area contributed by atoms with E-state index >= 15 is 0 Å². The van der Waals surface area contributed by atoms with Crippen molar-refractivity contribution in [3.05, 3.63) is 59.7 Å². The number of hydrogen-bond acceptors (Lipinski definition) is 5. The fourth-order valence-corrected chi connectivity index (χ4v) is 4.68. The Bertz CT molecular complexity index is 988. The second kappa shape index (κ2) is 9.43. The first kappa shape index (κ1) is 21.4. The molecule has 0 unspecified atom stereocenters. The molecule has 0 aromatic heterocycles. The van der Waals surface area contributed by atoms with Gasteiger partial charge in [-0.05, 0) is 61.7 Å². The maximum atomic E-state index is 12.3. The molecule has 0 aliphatic carbocycles. The van der Waals surface area contributed by atoms with Crippen LogP contribution >= 0.6 is 0 Å². The average Bonchev–Trinajstić information content (AvgIpc) is 3.10. The molecule has 1 aliphatic heterocycles. The molecule has 3 atom stereocenters. The van der Waals surface area contributed by atoms with Crippen molar-refractivity contribution in [2.45, 2.75) is 30.7 Å². The lowest BCUT2D eigenvalue weighted by molar-refractivity contribution is 0.234. The number of ether oxygens (including phenoxy) is 1. The summed E-state index contributed by atoms with van der Waals surface area (Å²) in [6, 6.07) is 18.0. The Morgan fingerprint density at radius 3 is 2.72 bits per heavy atom. The van der Waals surface area contributed by atoms with E-state index in [1.807, 2.05) is 42.5 Å². The first-order chi connectivity index (χ1) is 13.9. The molecule has 5 nitrogen and oxygen atoms in total. The third-order valence-electron chi connectivity index (χ3n) is 5.63. The molecular weight excluding hydrogens is 382 g/mol. The number of rotatable bonds is 7. The number of benzene rings is 2. The van der Waals surface area contributed by atoms with Crippen molar-refractivity contribution in [1.29, 1.82) is 5.26 Å². The van der Waals surface area contributed by atoms with E-state index in [0.717, 1.165) is 42.1 Å². The predicted octanol–water partition coefficient (Wildman–Crippen LogP) is 3.98. The van der Waals surface area contributed by atoms with Crippen molar-refractivity contribution in [3.8, 4) is 11.8 Å². The molecular formula is C23H29N3O2S. The Morgan fingerprint density at radius 1 is 1.28 bits per heavy atom. The summed E-state index contributed by atoms with van der Waals surface area (Å²) in [6.45, 7) is 4.97. The minimum absolute atomic E-state index is 0.496. The summed E-state index contributed by atoms with van der Waals surface area (Å²) >= 11 is 0. The van der Waals surface area contributed by atoms with Crippen molar-refractivity contribution in [1.82, 2.24) is 4.90 Å². The third-order valence-corrected chi connectivity index (χ3v) is 7.47. The van der Waals surface area contributed by atoms with Gasteiger partial charge in [0.05, 0.1) is 28.0 Å². The first-order valence-electron chi connectivity index (χ1n) is 9.97. The Morgan fingerprint density at radius 2 is 2.03 bits per heavy atom. The molecule has 1 fully saturated rings. The van der Waals surface area contributed by atoms with Crippen LogP contribution in [0.2, 0.25) is 0 Å². The van der Waals surface area contributed by atoms with E-state index in [9.17, 15) is 4.21 Å². The smallest absolute Gasteiger partial charge is 0.119 e. The molecule has 0 spiro atoms. The van der Waals surface area contributed by atoms with E-state index in [2.05, 4.69) is 28.3 Å². The van der Waals surface area contributed by atoms with Crippen molar-refractivity contribution >= 4 is 9.73 Å². The van der Waals surface area contributed by atoms with Crippen LogP contribution < -0.4 is 4.74 Å². The van der Waals surface area contributed by atoms with E-state index in [-0.39, 0.29) is 0 Å². The van der Waals surface area contributed by atoms with E-state index < -0.39 is 9.73 Å². The topological polar surface area (TPSA) is 65.7 Å². The van der Waals surface area contributed by atoms with Gasteiger partial charge in [-0.15, -0.1) is 0 Å². The number of hydrogen-bond donors (Lipinski definition) is 0. The van der Waals surface area contributed by atoms with Gasteiger partial charge in [-0.1, -0.05) is 12.1 Å². The summed E-state index contributed by atoms with van der Waals surface area (Å²) in [7, 11) is -0.716. The van der Waals surface area contributed by atoms with Gasteiger partial charge in [0.15, 0.2) is 0 Å². The van der Waals surface area contributed by atoms with Crippen LogP contribution in [0.1, 0.15) is 24.5 Å². The molecule has 29 heavy (non-hydrogen) atoms. The Hall–Kier alpha value is -2.36. The van der Waals surface area contributed by atoms with Crippen LogP contribution in [0.15, 0.2) is 57.8 Å². The SMILES string of the molecule is CN=[S@@](C)(=O)c1ccc(OC[C@H]2C[C@@H](C)N(CCc3cccc(C#N)c3)C2)cc1. The summed E-state index contributed by atoms with van der Waals surface area (Å²) in [5, 5.41) is 9.05. The van der Waals surface area contributed by atoms with Gasteiger partial charge in [-0.3, -0.25) is 4.90 Å². The van der Waals surface area contributed by atoms with Crippen molar-refractivity contribution in [2.24, 2.45) is 10.3 Å². The van der Waals surface area contributed by atoms with Crippen LogP contribution in [-0.4, -0.2) is 48.2 Å². The Kier molecular flexibility index (Phi) is 6.94. The molecule has 0 bridgehead atoms. The molecule has 2 aromatic carbocycles. The molecule has 154 valence electrons. The molecule has 3 rings (SSSR count). The lowest BCUT2D eigenvalue weighted by atomic mass is 10.1.